The summed E-state index contributed by atoms with van der Waals surface area (Å²) in [5.41, 5.74) is 2.98. The average molecular weight is 228 g/mol. The molecule has 0 bridgehead atoms. The van der Waals surface area contributed by atoms with Crippen LogP contribution in [0.3, 0.4) is 0 Å². The van der Waals surface area contributed by atoms with E-state index in [2.05, 4.69) is 0 Å². The monoisotopic (exact) mass is 228 g/mol. The maximum atomic E-state index is 12.0. The van der Waals surface area contributed by atoms with Gasteiger partial charge in [-0.15, -0.1) is 0 Å². The molecule has 0 amide bonds. The minimum atomic E-state index is -0.429. The zero-order chi connectivity index (χ0) is 12.0. The Balaban J connectivity index is 2.28. The van der Waals surface area contributed by atoms with Crippen LogP contribution < -0.4 is 0 Å². The highest BCUT2D eigenvalue weighted by Crippen LogP contribution is 2.31. The normalized spacial score (nSPS) is 18.5. The SMILES string of the molecule is O=C1C=C(O)C(=O)c2c1ccc1c2CCCC1. The molecule has 3 nitrogen and oxygen atoms in total. The Kier molecular flexibility index (Phi) is 2.15. The van der Waals surface area contributed by atoms with Gasteiger partial charge in [-0.25, -0.2) is 0 Å². The lowest BCUT2D eigenvalue weighted by atomic mass is 9.81. The molecule has 0 heterocycles. The van der Waals surface area contributed by atoms with Gasteiger partial charge in [0.25, 0.3) is 0 Å². The van der Waals surface area contributed by atoms with Crippen molar-refractivity contribution < 1.29 is 14.7 Å². The fraction of sp³-hybridized carbons (Fsp3) is 0.286. The van der Waals surface area contributed by atoms with Gasteiger partial charge in [-0.3, -0.25) is 9.59 Å². The first-order valence-corrected chi connectivity index (χ1v) is 5.83. The smallest absolute Gasteiger partial charge is 0.228 e. The second-order valence-electron chi connectivity index (χ2n) is 4.56. The fourth-order valence-corrected chi connectivity index (χ4v) is 2.69. The predicted octanol–water partition coefficient (Wildman–Crippen LogP) is 2.39. The van der Waals surface area contributed by atoms with Crippen molar-refractivity contribution in [1.82, 2.24) is 0 Å². The number of hydrogen-bond acceptors (Lipinski definition) is 3. The molecule has 2 aliphatic rings. The van der Waals surface area contributed by atoms with Gasteiger partial charge >= 0.3 is 0 Å². The molecule has 0 saturated carbocycles. The Morgan fingerprint density at radius 1 is 1.06 bits per heavy atom. The summed E-state index contributed by atoms with van der Waals surface area (Å²) in [5, 5.41) is 9.49. The number of rotatable bonds is 0. The molecule has 3 rings (SSSR count). The molecule has 1 N–H and O–H groups in total. The number of aliphatic hydroxyl groups is 1. The number of Topliss-reactive ketones (excluding diaryl/α,β-unsaturated/α-hetero) is 1. The molecule has 3 heteroatoms. The lowest BCUT2D eigenvalue weighted by Crippen LogP contribution is -2.21. The summed E-state index contributed by atoms with van der Waals surface area (Å²) < 4.78 is 0. The Bertz CT molecular complexity index is 567. The lowest BCUT2D eigenvalue weighted by Gasteiger charge is -2.22. The second kappa shape index (κ2) is 3.55. The zero-order valence-corrected chi connectivity index (χ0v) is 9.32. The summed E-state index contributed by atoms with van der Waals surface area (Å²) in [7, 11) is 0. The molecule has 2 aliphatic carbocycles. The summed E-state index contributed by atoms with van der Waals surface area (Å²) in [6.45, 7) is 0. The summed E-state index contributed by atoms with van der Waals surface area (Å²) in [4.78, 5) is 23.7. The molecular formula is C14H12O3. The number of aliphatic hydroxyl groups excluding tert-OH is 1. The largest absolute Gasteiger partial charge is 0.504 e. The van der Waals surface area contributed by atoms with Crippen molar-refractivity contribution in [2.45, 2.75) is 25.7 Å². The van der Waals surface area contributed by atoms with Crippen molar-refractivity contribution in [3.05, 3.63) is 46.2 Å². The molecule has 1 aromatic carbocycles. The average Bonchev–Trinajstić information content (AvgIpc) is 2.35. The van der Waals surface area contributed by atoms with Crippen LogP contribution in [0.4, 0.5) is 0 Å². The Labute approximate surface area is 98.8 Å². The Morgan fingerprint density at radius 2 is 1.82 bits per heavy atom. The lowest BCUT2D eigenvalue weighted by molar-refractivity contribution is 0.0938. The minimum absolute atomic E-state index is 0.273. The van der Waals surface area contributed by atoms with E-state index >= 15 is 0 Å². The van der Waals surface area contributed by atoms with Gasteiger partial charge in [-0.05, 0) is 36.8 Å². The van der Waals surface area contributed by atoms with Crippen LogP contribution in [0.2, 0.25) is 0 Å². The highest BCUT2D eigenvalue weighted by atomic mass is 16.3. The Morgan fingerprint density at radius 3 is 2.65 bits per heavy atom. The highest BCUT2D eigenvalue weighted by molar-refractivity contribution is 6.24. The van der Waals surface area contributed by atoms with E-state index in [1.165, 1.54) is 0 Å². The van der Waals surface area contributed by atoms with Crippen molar-refractivity contribution >= 4 is 11.6 Å². The maximum absolute atomic E-state index is 12.0. The predicted molar refractivity (Wildman–Crippen MR) is 62.5 cm³/mol. The van der Waals surface area contributed by atoms with Crippen LogP contribution in [0, 0.1) is 0 Å². The van der Waals surface area contributed by atoms with E-state index in [0.29, 0.717) is 11.1 Å². The topological polar surface area (TPSA) is 54.4 Å². The molecule has 0 unspecified atom stereocenters. The Hall–Kier alpha value is -1.90. The van der Waals surface area contributed by atoms with Crippen LogP contribution >= 0.6 is 0 Å². The molecule has 0 radical (unpaired) electrons. The zero-order valence-electron chi connectivity index (χ0n) is 9.32. The molecule has 0 fully saturated rings. The van der Waals surface area contributed by atoms with Gasteiger partial charge in [-0.1, -0.05) is 12.1 Å². The number of benzene rings is 1. The van der Waals surface area contributed by atoms with Crippen LogP contribution in [0.5, 0.6) is 0 Å². The molecule has 0 saturated heterocycles. The fourth-order valence-electron chi connectivity index (χ4n) is 2.69. The number of fused-ring (bicyclic) bond motifs is 3. The van der Waals surface area contributed by atoms with Gasteiger partial charge in [0.1, 0.15) is 0 Å². The minimum Gasteiger partial charge on any atom is -0.504 e. The van der Waals surface area contributed by atoms with E-state index in [-0.39, 0.29) is 5.78 Å². The van der Waals surface area contributed by atoms with Gasteiger partial charge in [0.2, 0.25) is 5.78 Å². The van der Waals surface area contributed by atoms with Gasteiger partial charge in [-0.2, -0.15) is 0 Å². The van der Waals surface area contributed by atoms with Crippen LogP contribution in [0.15, 0.2) is 24.0 Å². The van der Waals surface area contributed by atoms with E-state index in [1.54, 1.807) is 6.07 Å². The molecule has 17 heavy (non-hydrogen) atoms. The van der Waals surface area contributed by atoms with Gasteiger partial charge < -0.3 is 5.11 Å². The van der Waals surface area contributed by atoms with E-state index in [4.69, 9.17) is 0 Å². The van der Waals surface area contributed by atoms with Crippen molar-refractivity contribution in [3.8, 4) is 0 Å². The van der Waals surface area contributed by atoms with Crippen LogP contribution in [0.1, 0.15) is 44.7 Å². The van der Waals surface area contributed by atoms with Crippen molar-refractivity contribution in [2.24, 2.45) is 0 Å². The molecule has 86 valence electrons. The van der Waals surface area contributed by atoms with Crippen molar-refractivity contribution in [1.29, 1.82) is 0 Å². The third-order valence-electron chi connectivity index (χ3n) is 3.53. The number of carbonyl (C=O) groups excluding carboxylic acids is 2. The first kappa shape index (κ1) is 10.3. The summed E-state index contributed by atoms with van der Waals surface area (Å²) in [5.74, 6) is -1.11. The highest BCUT2D eigenvalue weighted by Gasteiger charge is 2.29. The third kappa shape index (κ3) is 1.42. The quantitative estimate of drug-likeness (QED) is 0.741. The number of allylic oxidation sites excluding steroid dienone is 2. The molecule has 1 aromatic rings. The first-order chi connectivity index (χ1) is 8.18. The summed E-state index contributed by atoms with van der Waals surface area (Å²) in [6, 6.07) is 3.65. The van der Waals surface area contributed by atoms with Crippen molar-refractivity contribution in [3.63, 3.8) is 0 Å². The van der Waals surface area contributed by atoms with Crippen LogP contribution in [-0.2, 0) is 12.8 Å². The van der Waals surface area contributed by atoms with Gasteiger partial charge in [0.05, 0.1) is 0 Å². The number of aryl methyl sites for hydroxylation is 1. The maximum Gasteiger partial charge on any atom is 0.228 e. The summed E-state index contributed by atoms with van der Waals surface area (Å²) in [6.07, 6.45) is 4.95. The third-order valence-corrected chi connectivity index (χ3v) is 3.53. The molecular weight excluding hydrogens is 216 g/mol. The van der Waals surface area contributed by atoms with Gasteiger partial charge in [0, 0.05) is 17.2 Å². The number of ketones is 2. The van der Waals surface area contributed by atoms with Crippen LogP contribution in [0.25, 0.3) is 0 Å². The van der Waals surface area contributed by atoms with Crippen LogP contribution in [-0.4, -0.2) is 16.7 Å². The first-order valence-electron chi connectivity index (χ1n) is 5.83. The standard InChI is InChI=1S/C14H12O3/c15-11-7-12(16)14(17)13-9-4-2-1-3-8(9)5-6-10(11)13/h5-7,16H,1-4H2. The second-order valence-corrected chi connectivity index (χ2v) is 4.56. The van der Waals surface area contributed by atoms with E-state index in [1.807, 2.05) is 6.07 Å². The van der Waals surface area contributed by atoms with E-state index in [0.717, 1.165) is 42.9 Å². The van der Waals surface area contributed by atoms with Gasteiger partial charge in [0.15, 0.2) is 11.5 Å². The van der Waals surface area contributed by atoms with E-state index < -0.39 is 11.5 Å². The number of carbonyl (C=O) groups is 2. The molecule has 0 aliphatic heterocycles. The van der Waals surface area contributed by atoms with E-state index in [9.17, 15) is 14.7 Å². The molecule has 0 aromatic heterocycles. The summed E-state index contributed by atoms with van der Waals surface area (Å²) >= 11 is 0. The molecule has 0 atom stereocenters. The molecule has 0 spiro atoms. The van der Waals surface area contributed by atoms with Crippen molar-refractivity contribution in [2.75, 3.05) is 0 Å². The number of hydrogen-bond donors (Lipinski definition) is 1.